The molecule has 1 saturated heterocycles. The Labute approximate surface area is 165 Å². The number of nitrogens with zero attached hydrogens (tertiary/aromatic N) is 2. The standard InChI is InChI=1S/C21H28N4O3/c1-24(2)17-9-7-16(8-10-17)19(25-11-3-4-12-25)15-23-21(27)20(26)22-14-18-6-5-13-28-18/h5-10,13,19H,3-4,11-12,14-15H2,1-2H3,(H,22,26)(H,23,27)/t19-/m1/s1. The first-order chi connectivity index (χ1) is 13.5. The van der Waals surface area contributed by atoms with Gasteiger partial charge in [0.15, 0.2) is 0 Å². The van der Waals surface area contributed by atoms with Crippen LogP contribution in [0.1, 0.15) is 30.2 Å². The molecular formula is C21H28N4O3. The van der Waals surface area contributed by atoms with Crippen LogP contribution in [0.4, 0.5) is 5.69 Å². The van der Waals surface area contributed by atoms with Gasteiger partial charge in [0.2, 0.25) is 0 Å². The number of carbonyl (C=O) groups is 2. The van der Waals surface area contributed by atoms with Crippen molar-refractivity contribution in [1.82, 2.24) is 15.5 Å². The molecule has 150 valence electrons. The van der Waals surface area contributed by atoms with Crippen molar-refractivity contribution >= 4 is 17.5 Å². The number of carbonyl (C=O) groups excluding carboxylic acids is 2. The first kappa shape index (κ1) is 19.9. The summed E-state index contributed by atoms with van der Waals surface area (Å²) in [5, 5.41) is 5.37. The molecule has 0 spiro atoms. The molecule has 0 unspecified atom stereocenters. The topological polar surface area (TPSA) is 77.8 Å². The van der Waals surface area contributed by atoms with Crippen LogP contribution >= 0.6 is 0 Å². The summed E-state index contributed by atoms with van der Waals surface area (Å²) in [5.41, 5.74) is 2.27. The van der Waals surface area contributed by atoms with Gasteiger partial charge >= 0.3 is 11.8 Å². The first-order valence-corrected chi connectivity index (χ1v) is 9.64. The summed E-state index contributed by atoms with van der Waals surface area (Å²) >= 11 is 0. The van der Waals surface area contributed by atoms with Gasteiger partial charge in [-0.25, -0.2) is 0 Å². The minimum Gasteiger partial charge on any atom is -0.467 e. The lowest BCUT2D eigenvalue weighted by Gasteiger charge is -2.28. The summed E-state index contributed by atoms with van der Waals surface area (Å²) in [5.74, 6) is -0.669. The van der Waals surface area contributed by atoms with Crippen LogP contribution in [-0.2, 0) is 16.1 Å². The Morgan fingerprint density at radius 3 is 2.36 bits per heavy atom. The number of benzene rings is 1. The van der Waals surface area contributed by atoms with E-state index in [2.05, 4.69) is 44.7 Å². The molecule has 2 N–H and O–H groups in total. The number of hydrogen-bond acceptors (Lipinski definition) is 5. The lowest BCUT2D eigenvalue weighted by molar-refractivity contribution is -0.139. The Morgan fingerprint density at radius 2 is 1.75 bits per heavy atom. The third-order valence-electron chi connectivity index (χ3n) is 5.04. The molecule has 0 saturated carbocycles. The molecule has 7 nitrogen and oxygen atoms in total. The lowest BCUT2D eigenvalue weighted by atomic mass is 10.0. The van der Waals surface area contributed by atoms with E-state index in [-0.39, 0.29) is 12.6 Å². The van der Waals surface area contributed by atoms with E-state index in [0.29, 0.717) is 12.3 Å². The van der Waals surface area contributed by atoms with E-state index in [1.807, 2.05) is 14.1 Å². The molecule has 1 aromatic heterocycles. The van der Waals surface area contributed by atoms with Gasteiger partial charge in [0.25, 0.3) is 0 Å². The molecule has 1 atom stereocenters. The predicted molar refractivity (Wildman–Crippen MR) is 108 cm³/mol. The second kappa shape index (κ2) is 9.41. The van der Waals surface area contributed by atoms with Crippen molar-refractivity contribution in [3.8, 4) is 0 Å². The van der Waals surface area contributed by atoms with E-state index in [1.165, 1.54) is 6.26 Å². The Bertz CT molecular complexity index is 765. The largest absolute Gasteiger partial charge is 0.467 e. The molecule has 7 heteroatoms. The molecule has 1 aromatic carbocycles. The quantitative estimate of drug-likeness (QED) is 0.713. The van der Waals surface area contributed by atoms with Crippen LogP contribution in [0.2, 0.25) is 0 Å². The maximum absolute atomic E-state index is 12.2. The first-order valence-electron chi connectivity index (χ1n) is 9.64. The molecule has 0 aliphatic carbocycles. The summed E-state index contributed by atoms with van der Waals surface area (Å²) in [6, 6.07) is 11.9. The molecule has 28 heavy (non-hydrogen) atoms. The van der Waals surface area contributed by atoms with E-state index in [1.54, 1.807) is 12.1 Å². The number of likely N-dealkylation sites (tertiary alicyclic amines) is 1. The third-order valence-corrected chi connectivity index (χ3v) is 5.04. The molecule has 1 aliphatic heterocycles. The van der Waals surface area contributed by atoms with E-state index < -0.39 is 11.8 Å². The van der Waals surface area contributed by atoms with E-state index in [0.717, 1.165) is 37.2 Å². The monoisotopic (exact) mass is 384 g/mol. The minimum absolute atomic E-state index is 0.0561. The van der Waals surface area contributed by atoms with Gasteiger partial charge in [-0.15, -0.1) is 0 Å². The van der Waals surface area contributed by atoms with Gasteiger partial charge in [0.1, 0.15) is 5.76 Å². The minimum atomic E-state index is -0.653. The zero-order chi connectivity index (χ0) is 19.9. The van der Waals surface area contributed by atoms with Crippen LogP contribution in [0.25, 0.3) is 0 Å². The fraction of sp³-hybridized carbons (Fsp3) is 0.429. The van der Waals surface area contributed by atoms with Gasteiger partial charge in [-0.3, -0.25) is 14.5 Å². The van der Waals surface area contributed by atoms with Crippen molar-refractivity contribution in [2.45, 2.75) is 25.4 Å². The zero-order valence-electron chi connectivity index (χ0n) is 16.5. The number of rotatable bonds is 7. The number of furan rings is 1. The third kappa shape index (κ3) is 5.13. The molecule has 1 fully saturated rings. The second-order valence-electron chi connectivity index (χ2n) is 7.22. The van der Waals surface area contributed by atoms with Crippen LogP contribution in [0.15, 0.2) is 47.1 Å². The number of anilines is 1. The molecule has 0 bridgehead atoms. The van der Waals surface area contributed by atoms with E-state index in [9.17, 15) is 9.59 Å². The Balaban J connectivity index is 1.59. The number of hydrogen-bond donors (Lipinski definition) is 2. The molecule has 2 heterocycles. The fourth-order valence-electron chi connectivity index (χ4n) is 3.44. The Kier molecular flexibility index (Phi) is 6.71. The SMILES string of the molecule is CN(C)c1ccc([C@@H](CNC(=O)C(=O)NCc2ccco2)N2CCCC2)cc1. The van der Waals surface area contributed by atoms with Crippen LogP contribution < -0.4 is 15.5 Å². The second-order valence-corrected chi connectivity index (χ2v) is 7.22. The highest BCUT2D eigenvalue weighted by atomic mass is 16.3. The Hall–Kier alpha value is -2.80. The Morgan fingerprint density at radius 1 is 1.07 bits per heavy atom. The van der Waals surface area contributed by atoms with Gasteiger partial charge in [-0.1, -0.05) is 12.1 Å². The number of amides is 2. The summed E-state index contributed by atoms with van der Waals surface area (Å²) in [4.78, 5) is 28.7. The lowest BCUT2D eigenvalue weighted by Crippen LogP contribution is -2.43. The average molecular weight is 384 g/mol. The van der Waals surface area contributed by atoms with Crippen molar-refractivity contribution in [2.24, 2.45) is 0 Å². The summed E-state index contributed by atoms with van der Waals surface area (Å²) in [6.45, 7) is 2.59. The van der Waals surface area contributed by atoms with Crippen LogP contribution in [-0.4, -0.2) is 50.4 Å². The fourth-order valence-corrected chi connectivity index (χ4v) is 3.44. The van der Waals surface area contributed by atoms with Gasteiger partial charge in [0.05, 0.1) is 18.8 Å². The predicted octanol–water partition coefficient (Wildman–Crippen LogP) is 1.92. The summed E-state index contributed by atoms with van der Waals surface area (Å²) < 4.78 is 5.16. The maximum atomic E-state index is 12.2. The van der Waals surface area contributed by atoms with Gasteiger partial charge in [0, 0.05) is 26.3 Å². The van der Waals surface area contributed by atoms with Gasteiger partial charge < -0.3 is 20.0 Å². The van der Waals surface area contributed by atoms with Crippen LogP contribution in [0, 0.1) is 0 Å². The van der Waals surface area contributed by atoms with Crippen LogP contribution in [0.5, 0.6) is 0 Å². The van der Waals surface area contributed by atoms with Crippen molar-refractivity contribution in [3.63, 3.8) is 0 Å². The normalized spacial score (nSPS) is 15.2. The molecule has 2 amide bonds. The highest BCUT2D eigenvalue weighted by Crippen LogP contribution is 2.26. The molecule has 2 aromatic rings. The maximum Gasteiger partial charge on any atom is 0.309 e. The summed E-state index contributed by atoms with van der Waals surface area (Å²) in [6.07, 6.45) is 3.84. The van der Waals surface area contributed by atoms with Crippen molar-refractivity contribution in [1.29, 1.82) is 0 Å². The smallest absolute Gasteiger partial charge is 0.309 e. The van der Waals surface area contributed by atoms with Crippen molar-refractivity contribution in [3.05, 3.63) is 54.0 Å². The van der Waals surface area contributed by atoms with E-state index >= 15 is 0 Å². The number of nitrogens with one attached hydrogen (secondary N) is 2. The summed E-state index contributed by atoms with van der Waals surface area (Å²) in [7, 11) is 4.02. The van der Waals surface area contributed by atoms with Crippen LogP contribution in [0.3, 0.4) is 0 Å². The van der Waals surface area contributed by atoms with Crippen molar-refractivity contribution in [2.75, 3.05) is 38.6 Å². The van der Waals surface area contributed by atoms with E-state index in [4.69, 9.17) is 4.42 Å². The van der Waals surface area contributed by atoms with Gasteiger partial charge in [-0.2, -0.15) is 0 Å². The highest BCUT2D eigenvalue weighted by molar-refractivity contribution is 6.35. The zero-order valence-corrected chi connectivity index (χ0v) is 16.5. The molecule has 3 rings (SSSR count). The van der Waals surface area contributed by atoms with Crippen molar-refractivity contribution < 1.29 is 14.0 Å². The molecular weight excluding hydrogens is 356 g/mol. The van der Waals surface area contributed by atoms with Gasteiger partial charge in [-0.05, 0) is 55.8 Å². The molecule has 1 aliphatic rings. The average Bonchev–Trinajstić information content (AvgIpc) is 3.40. The molecule has 0 radical (unpaired) electrons. The highest BCUT2D eigenvalue weighted by Gasteiger charge is 2.25.